The Bertz CT molecular complexity index is 684. The molecular formula is C15H19Cl2N3O3. The highest BCUT2D eigenvalue weighted by Crippen LogP contribution is 2.31. The number of fused-ring (bicyclic) bond motifs is 1. The van der Waals surface area contributed by atoms with E-state index in [1.807, 2.05) is 13.8 Å². The summed E-state index contributed by atoms with van der Waals surface area (Å²) in [5.41, 5.74) is 0.767. The molecule has 1 aromatic carbocycles. The maximum atomic E-state index is 12.7. The third kappa shape index (κ3) is 3.95. The van der Waals surface area contributed by atoms with Gasteiger partial charge in [-0.15, -0.1) is 0 Å². The fourth-order valence-corrected chi connectivity index (χ4v) is 2.68. The Morgan fingerprint density at radius 2 is 1.87 bits per heavy atom. The molecule has 0 unspecified atom stereocenters. The van der Waals surface area contributed by atoms with Crippen molar-refractivity contribution in [1.82, 2.24) is 15.1 Å². The number of ether oxygens (including phenoxy) is 2. The van der Waals surface area contributed by atoms with Gasteiger partial charge in [-0.3, -0.25) is 9.89 Å². The first-order valence-corrected chi connectivity index (χ1v) is 8.05. The monoisotopic (exact) mass is 359 g/mol. The Balaban J connectivity index is 2.24. The van der Waals surface area contributed by atoms with Gasteiger partial charge in [-0.05, 0) is 26.0 Å². The van der Waals surface area contributed by atoms with E-state index in [0.29, 0.717) is 46.4 Å². The molecule has 0 saturated heterocycles. The molecule has 0 aliphatic carbocycles. The van der Waals surface area contributed by atoms with Crippen LogP contribution in [0.2, 0.25) is 10.0 Å². The van der Waals surface area contributed by atoms with Crippen LogP contribution >= 0.6 is 23.2 Å². The first-order valence-electron chi connectivity index (χ1n) is 7.30. The number of nitrogens with one attached hydrogen (secondary N) is 1. The summed E-state index contributed by atoms with van der Waals surface area (Å²) in [6.45, 7) is 5.04. The minimum absolute atomic E-state index is 0.263. The minimum Gasteiger partial charge on any atom is -0.351 e. The lowest BCUT2D eigenvalue weighted by molar-refractivity contribution is -0.141. The number of nitrogens with zero attached hydrogens (tertiary/aromatic N) is 2. The molecule has 0 aliphatic rings. The molecule has 0 fully saturated rings. The summed E-state index contributed by atoms with van der Waals surface area (Å²) in [5, 5.41) is 8.17. The number of carbonyl (C=O) groups is 1. The van der Waals surface area contributed by atoms with Gasteiger partial charge in [0.1, 0.15) is 11.2 Å². The van der Waals surface area contributed by atoms with Crippen molar-refractivity contribution in [1.29, 1.82) is 0 Å². The molecule has 2 rings (SSSR count). The van der Waals surface area contributed by atoms with E-state index in [4.69, 9.17) is 32.7 Å². The van der Waals surface area contributed by atoms with Crippen molar-refractivity contribution in [2.75, 3.05) is 26.8 Å². The smallest absolute Gasteiger partial charge is 0.272 e. The van der Waals surface area contributed by atoms with Crippen LogP contribution in [0.1, 0.15) is 24.3 Å². The van der Waals surface area contributed by atoms with Crippen LogP contribution in [0, 0.1) is 0 Å². The fraction of sp³-hybridized carbons (Fsp3) is 0.467. The van der Waals surface area contributed by atoms with E-state index >= 15 is 0 Å². The number of carbonyl (C=O) groups excluding carboxylic acids is 1. The number of rotatable bonds is 7. The first-order chi connectivity index (χ1) is 11.0. The maximum absolute atomic E-state index is 12.7. The largest absolute Gasteiger partial charge is 0.351 e. The number of aromatic amines is 1. The van der Waals surface area contributed by atoms with Crippen LogP contribution in [0.3, 0.4) is 0 Å². The Hall–Kier alpha value is -1.34. The Labute approximate surface area is 144 Å². The zero-order valence-corrected chi connectivity index (χ0v) is 14.7. The standard InChI is InChI=1S/C15H19Cl2N3O3/c1-4-22-11(23-5-2)8-20(3)15(21)14-12-9(16)6-7-10(17)13(12)18-19-14/h6-7,11H,4-5,8H2,1-3H3,(H,18,19). The Morgan fingerprint density at radius 1 is 1.26 bits per heavy atom. The molecule has 0 atom stereocenters. The number of amides is 1. The highest BCUT2D eigenvalue weighted by molar-refractivity contribution is 6.40. The van der Waals surface area contributed by atoms with Crippen LogP contribution in [0.15, 0.2) is 12.1 Å². The summed E-state index contributed by atoms with van der Waals surface area (Å²) in [7, 11) is 1.67. The van der Waals surface area contributed by atoms with Crippen LogP contribution < -0.4 is 0 Å². The number of likely N-dealkylation sites (N-methyl/N-ethyl adjacent to an activating group) is 1. The molecule has 8 heteroatoms. The van der Waals surface area contributed by atoms with Gasteiger partial charge in [-0.25, -0.2) is 0 Å². The molecule has 0 saturated carbocycles. The lowest BCUT2D eigenvalue weighted by Crippen LogP contribution is -2.37. The van der Waals surface area contributed by atoms with Crippen molar-refractivity contribution in [2.24, 2.45) is 0 Å². The molecule has 1 amide bonds. The van der Waals surface area contributed by atoms with Crippen molar-refractivity contribution >= 4 is 40.0 Å². The van der Waals surface area contributed by atoms with Crippen LogP contribution in [0.25, 0.3) is 10.9 Å². The second kappa shape index (κ2) is 7.97. The zero-order chi connectivity index (χ0) is 17.0. The number of benzene rings is 1. The number of halogens is 2. The van der Waals surface area contributed by atoms with Gasteiger partial charge in [0.05, 0.1) is 22.0 Å². The van der Waals surface area contributed by atoms with Crippen molar-refractivity contribution in [3.8, 4) is 0 Å². The molecule has 0 aliphatic heterocycles. The molecular weight excluding hydrogens is 341 g/mol. The lowest BCUT2D eigenvalue weighted by atomic mass is 10.2. The number of H-pyrrole nitrogens is 1. The molecule has 2 aromatic rings. The molecule has 1 aromatic heterocycles. The van der Waals surface area contributed by atoms with Gasteiger partial charge in [-0.1, -0.05) is 23.2 Å². The summed E-state index contributed by atoms with van der Waals surface area (Å²) in [6, 6.07) is 3.28. The predicted molar refractivity (Wildman–Crippen MR) is 90.1 cm³/mol. The average Bonchev–Trinajstić information content (AvgIpc) is 2.97. The minimum atomic E-state index is -0.479. The molecule has 1 heterocycles. The highest BCUT2D eigenvalue weighted by Gasteiger charge is 2.23. The second-order valence-corrected chi connectivity index (χ2v) is 5.69. The number of hydrogen-bond acceptors (Lipinski definition) is 4. The predicted octanol–water partition coefficient (Wildman–Crippen LogP) is 3.34. The van der Waals surface area contributed by atoms with Crippen LogP contribution in [-0.4, -0.2) is 54.1 Å². The van der Waals surface area contributed by atoms with E-state index in [-0.39, 0.29) is 5.91 Å². The highest BCUT2D eigenvalue weighted by atomic mass is 35.5. The maximum Gasteiger partial charge on any atom is 0.272 e. The Kier molecular flexibility index (Phi) is 6.24. The summed E-state index contributed by atoms with van der Waals surface area (Å²) in [5.74, 6) is -0.263. The van der Waals surface area contributed by atoms with Gasteiger partial charge in [0.15, 0.2) is 6.29 Å². The van der Waals surface area contributed by atoms with Crippen LogP contribution in [0.5, 0.6) is 0 Å². The molecule has 126 valence electrons. The summed E-state index contributed by atoms with van der Waals surface area (Å²) in [6.07, 6.45) is -0.479. The molecule has 0 bridgehead atoms. The van der Waals surface area contributed by atoms with Gasteiger partial charge in [0, 0.05) is 20.3 Å². The Morgan fingerprint density at radius 3 is 2.48 bits per heavy atom. The molecule has 23 heavy (non-hydrogen) atoms. The normalized spacial score (nSPS) is 11.4. The molecule has 0 spiro atoms. The zero-order valence-electron chi connectivity index (χ0n) is 13.2. The first kappa shape index (κ1) is 18.0. The van der Waals surface area contributed by atoms with Crippen LogP contribution in [-0.2, 0) is 9.47 Å². The quantitative estimate of drug-likeness (QED) is 0.769. The van der Waals surface area contributed by atoms with Crippen molar-refractivity contribution in [3.63, 3.8) is 0 Å². The average molecular weight is 360 g/mol. The lowest BCUT2D eigenvalue weighted by Gasteiger charge is -2.23. The fourth-order valence-electron chi connectivity index (χ4n) is 2.23. The van der Waals surface area contributed by atoms with E-state index in [1.54, 1.807) is 19.2 Å². The van der Waals surface area contributed by atoms with Gasteiger partial charge in [0.25, 0.3) is 5.91 Å². The molecule has 6 nitrogen and oxygen atoms in total. The van der Waals surface area contributed by atoms with Crippen molar-refractivity contribution in [2.45, 2.75) is 20.1 Å². The summed E-state index contributed by atoms with van der Waals surface area (Å²) < 4.78 is 10.9. The van der Waals surface area contributed by atoms with Gasteiger partial charge in [0.2, 0.25) is 0 Å². The van der Waals surface area contributed by atoms with E-state index in [2.05, 4.69) is 10.2 Å². The number of hydrogen-bond donors (Lipinski definition) is 1. The van der Waals surface area contributed by atoms with E-state index in [1.165, 1.54) is 4.90 Å². The molecule has 0 radical (unpaired) electrons. The summed E-state index contributed by atoms with van der Waals surface area (Å²) >= 11 is 12.3. The second-order valence-electron chi connectivity index (χ2n) is 4.88. The molecule has 1 N–H and O–H groups in total. The van der Waals surface area contributed by atoms with Crippen molar-refractivity contribution < 1.29 is 14.3 Å². The van der Waals surface area contributed by atoms with E-state index in [9.17, 15) is 4.79 Å². The third-order valence-electron chi connectivity index (χ3n) is 3.30. The van der Waals surface area contributed by atoms with E-state index < -0.39 is 6.29 Å². The van der Waals surface area contributed by atoms with Crippen molar-refractivity contribution in [3.05, 3.63) is 27.9 Å². The van der Waals surface area contributed by atoms with Gasteiger partial charge in [-0.2, -0.15) is 5.10 Å². The number of aromatic nitrogens is 2. The summed E-state index contributed by atoms with van der Waals surface area (Å²) in [4.78, 5) is 14.2. The van der Waals surface area contributed by atoms with E-state index in [0.717, 1.165) is 0 Å². The van der Waals surface area contributed by atoms with Crippen LogP contribution in [0.4, 0.5) is 0 Å². The topological polar surface area (TPSA) is 67.5 Å². The third-order valence-corrected chi connectivity index (χ3v) is 3.92. The van der Waals surface area contributed by atoms with Gasteiger partial charge >= 0.3 is 0 Å². The SMILES string of the molecule is CCOC(CN(C)C(=O)c1[nH]nc2c(Cl)ccc(Cl)c12)OCC. The van der Waals surface area contributed by atoms with Gasteiger partial charge < -0.3 is 14.4 Å².